The molecule has 0 saturated carbocycles. The number of carbonyl (C=O) groups excluding carboxylic acids is 3. The van der Waals surface area contributed by atoms with Gasteiger partial charge in [0, 0.05) is 17.8 Å². The number of nitrogens with zero attached hydrogens (tertiary/aromatic N) is 3. The molecule has 11 nitrogen and oxygen atoms in total. The Morgan fingerprint density at radius 3 is 2.46 bits per heavy atom. The molecule has 0 unspecified atom stereocenters. The minimum Gasteiger partial charge on any atom is -0.439 e. The van der Waals surface area contributed by atoms with E-state index < -0.39 is 29.3 Å². The molecule has 1 aromatic heterocycles. The summed E-state index contributed by atoms with van der Waals surface area (Å²) in [6, 6.07) is 15.6. The first-order valence-electron chi connectivity index (χ1n) is 10.4. The second kappa shape index (κ2) is 9.83. The Morgan fingerprint density at radius 2 is 1.83 bits per heavy atom. The maximum atomic E-state index is 12.6. The largest absolute Gasteiger partial charge is 0.439 e. The lowest BCUT2D eigenvalue weighted by Gasteiger charge is -2.12. The number of carbonyl (C=O) groups is 3. The summed E-state index contributed by atoms with van der Waals surface area (Å²) in [5, 5.41) is 15.8. The van der Waals surface area contributed by atoms with Crippen molar-refractivity contribution in [2.45, 2.75) is 6.92 Å². The van der Waals surface area contributed by atoms with Crippen LogP contribution in [0.2, 0.25) is 0 Å². The number of nitro groups is 1. The van der Waals surface area contributed by atoms with Gasteiger partial charge in [-0.05, 0) is 42.8 Å². The smallest absolute Gasteiger partial charge is 0.329 e. The monoisotopic (exact) mass is 473 g/mol. The lowest BCUT2D eigenvalue weighted by molar-refractivity contribution is -0.385. The van der Waals surface area contributed by atoms with Crippen molar-refractivity contribution in [1.29, 1.82) is 0 Å². The van der Waals surface area contributed by atoms with Crippen molar-refractivity contribution < 1.29 is 24.0 Å². The highest BCUT2D eigenvalue weighted by molar-refractivity contribution is 6.15. The van der Waals surface area contributed by atoms with E-state index in [2.05, 4.69) is 15.6 Å². The predicted molar refractivity (Wildman–Crippen MR) is 125 cm³/mol. The Kier molecular flexibility index (Phi) is 6.49. The highest BCUT2D eigenvalue weighted by atomic mass is 16.6. The van der Waals surface area contributed by atoms with Crippen LogP contribution < -0.4 is 15.4 Å². The molecule has 0 bridgehead atoms. The summed E-state index contributed by atoms with van der Waals surface area (Å²) < 4.78 is 5.55. The zero-order valence-corrected chi connectivity index (χ0v) is 18.4. The van der Waals surface area contributed by atoms with Gasteiger partial charge in [0.2, 0.25) is 11.8 Å². The Balaban J connectivity index is 1.38. The molecule has 35 heavy (non-hydrogen) atoms. The van der Waals surface area contributed by atoms with Gasteiger partial charge in [0.15, 0.2) is 0 Å². The number of nitrogens with one attached hydrogen (secondary N) is 2. The molecule has 0 spiro atoms. The highest BCUT2D eigenvalue weighted by Crippen LogP contribution is 2.23. The van der Waals surface area contributed by atoms with Gasteiger partial charge in [-0.1, -0.05) is 29.8 Å². The number of pyridine rings is 1. The van der Waals surface area contributed by atoms with Crippen LogP contribution in [-0.4, -0.2) is 39.2 Å². The average Bonchev–Trinajstić information content (AvgIpc) is 3.09. The van der Waals surface area contributed by atoms with Crippen molar-refractivity contribution in [1.82, 2.24) is 15.2 Å². The predicted octanol–water partition coefficient (Wildman–Crippen LogP) is 3.62. The molecule has 1 aliphatic rings. The molecule has 2 heterocycles. The summed E-state index contributed by atoms with van der Waals surface area (Å²) in [6.07, 6.45) is 2.57. The van der Waals surface area contributed by atoms with Crippen LogP contribution in [0.1, 0.15) is 11.1 Å². The standard InChI is InChI=1S/C24H19N5O6/c1-15-2-6-17(7-3-15)26-21(30)14-28-23(31)20(27-24(28)32)12-16-4-9-19(10-5-16)35-22-11-8-18(13-25-22)29(33)34/h2-13H,14H2,1H3,(H,26,30)(H,27,32)/b20-12-. The average molecular weight is 473 g/mol. The minimum absolute atomic E-state index is 0.0313. The molecule has 176 valence electrons. The van der Waals surface area contributed by atoms with Gasteiger partial charge in [0.05, 0.1) is 4.92 Å². The lowest BCUT2D eigenvalue weighted by atomic mass is 10.2. The molecular formula is C24H19N5O6. The third kappa shape index (κ3) is 5.66. The maximum absolute atomic E-state index is 12.6. The number of aryl methyl sites for hydroxylation is 1. The van der Waals surface area contributed by atoms with E-state index >= 15 is 0 Å². The summed E-state index contributed by atoms with van der Waals surface area (Å²) in [6.45, 7) is 1.49. The minimum atomic E-state index is -0.690. The number of amides is 4. The van der Waals surface area contributed by atoms with Crippen LogP contribution >= 0.6 is 0 Å². The molecule has 0 aliphatic carbocycles. The van der Waals surface area contributed by atoms with Crippen LogP contribution in [0.4, 0.5) is 16.2 Å². The van der Waals surface area contributed by atoms with Crippen molar-refractivity contribution >= 4 is 35.3 Å². The fourth-order valence-corrected chi connectivity index (χ4v) is 3.16. The Bertz CT molecular complexity index is 1320. The summed E-state index contributed by atoms with van der Waals surface area (Å²) in [5.41, 5.74) is 2.08. The first-order chi connectivity index (χ1) is 16.8. The number of anilines is 1. The number of benzene rings is 2. The van der Waals surface area contributed by atoms with E-state index in [1.807, 2.05) is 19.1 Å². The van der Waals surface area contributed by atoms with Crippen LogP contribution in [0, 0.1) is 17.0 Å². The third-order valence-electron chi connectivity index (χ3n) is 4.94. The van der Waals surface area contributed by atoms with Gasteiger partial charge in [0.25, 0.3) is 11.6 Å². The molecular weight excluding hydrogens is 454 g/mol. The van der Waals surface area contributed by atoms with Gasteiger partial charge in [-0.25, -0.2) is 14.7 Å². The Labute approximate surface area is 199 Å². The van der Waals surface area contributed by atoms with Crippen molar-refractivity contribution in [3.63, 3.8) is 0 Å². The summed E-state index contributed by atoms with van der Waals surface area (Å²) in [5.74, 6) is -0.520. The summed E-state index contributed by atoms with van der Waals surface area (Å²) in [7, 11) is 0. The van der Waals surface area contributed by atoms with E-state index in [0.29, 0.717) is 17.0 Å². The Morgan fingerprint density at radius 1 is 1.11 bits per heavy atom. The van der Waals surface area contributed by atoms with Crippen LogP contribution in [-0.2, 0) is 9.59 Å². The Hall–Kier alpha value is -5.06. The number of hydrogen-bond donors (Lipinski definition) is 2. The van der Waals surface area contributed by atoms with Gasteiger partial charge in [0.1, 0.15) is 24.2 Å². The molecule has 1 fully saturated rings. The molecule has 3 aromatic rings. The topological polar surface area (TPSA) is 144 Å². The zero-order chi connectivity index (χ0) is 24.9. The first-order valence-corrected chi connectivity index (χ1v) is 10.4. The molecule has 0 radical (unpaired) electrons. The normalized spacial score (nSPS) is 14.1. The number of rotatable bonds is 7. The van der Waals surface area contributed by atoms with Crippen molar-refractivity contribution in [2.75, 3.05) is 11.9 Å². The number of urea groups is 1. The van der Waals surface area contributed by atoms with Gasteiger partial charge in [-0.15, -0.1) is 0 Å². The van der Waals surface area contributed by atoms with Gasteiger partial charge in [-0.2, -0.15) is 0 Å². The summed E-state index contributed by atoms with van der Waals surface area (Å²) >= 11 is 0. The molecule has 4 amide bonds. The molecule has 1 saturated heterocycles. The van der Waals surface area contributed by atoms with Crippen LogP contribution in [0.5, 0.6) is 11.6 Å². The van der Waals surface area contributed by atoms with E-state index in [1.54, 1.807) is 36.4 Å². The van der Waals surface area contributed by atoms with Gasteiger partial charge < -0.3 is 15.4 Å². The first kappa shape index (κ1) is 23.1. The molecule has 2 aromatic carbocycles. The fraction of sp³-hybridized carbons (Fsp3) is 0.0833. The van der Waals surface area contributed by atoms with Crippen molar-refractivity contribution in [3.05, 3.63) is 93.8 Å². The van der Waals surface area contributed by atoms with E-state index in [1.165, 1.54) is 18.2 Å². The summed E-state index contributed by atoms with van der Waals surface area (Å²) in [4.78, 5) is 52.0. The van der Waals surface area contributed by atoms with Crippen LogP contribution in [0.25, 0.3) is 6.08 Å². The van der Waals surface area contributed by atoms with Crippen molar-refractivity contribution in [2.24, 2.45) is 0 Å². The van der Waals surface area contributed by atoms with E-state index in [9.17, 15) is 24.5 Å². The van der Waals surface area contributed by atoms with Gasteiger partial charge >= 0.3 is 6.03 Å². The number of ether oxygens (including phenoxy) is 1. The molecule has 0 atom stereocenters. The number of aromatic nitrogens is 1. The van der Waals surface area contributed by atoms with E-state index in [0.717, 1.165) is 16.7 Å². The molecule has 4 rings (SSSR count). The SMILES string of the molecule is Cc1ccc(NC(=O)CN2C(=O)N/C(=C\c3ccc(Oc4ccc([N+](=O)[O-])cn4)cc3)C2=O)cc1. The van der Waals surface area contributed by atoms with E-state index in [4.69, 9.17) is 4.74 Å². The molecule has 11 heteroatoms. The van der Waals surface area contributed by atoms with Crippen LogP contribution in [0.3, 0.4) is 0 Å². The fourth-order valence-electron chi connectivity index (χ4n) is 3.16. The zero-order valence-electron chi connectivity index (χ0n) is 18.4. The van der Waals surface area contributed by atoms with Gasteiger partial charge in [-0.3, -0.25) is 19.7 Å². The van der Waals surface area contributed by atoms with Crippen molar-refractivity contribution in [3.8, 4) is 11.6 Å². The number of hydrogen-bond acceptors (Lipinski definition) is 7. The lowest BCUT2D eigenvalue weighted by Crippen LogP contribution is -2.38. The van der Waals surface area contributed by atoms with Crippen LogP contribution in [0.15, 0.2) is 72.6 Å². The second-order valence-corrected chi connectivity index (χ2v) is 7.58. The quantitative estimate of drug-likeness (QED) is 0.231. The third-order valence-corrected chi connectivity index (χ3v) is 4.94. The molecule has 1 aliphatic heterocycles. The highest BCUT2D eigenvalue weighted by Gasteiger charge is 2.34. The second-order valence-electron chi connectivity index (χ2n) is 7.58. The van der Waals surface area contributed by atoms with E-state index in [-0.39, 0.29) is 17.3 Å². The molecule has 2 N–H and O–H groups in total. The number of imide groups is 1. The maximum Gasteiger partial charge on any atom is 0.329 e.